The fourth-order valence-corrected chi connectivity index (χ4v) is 4.18. The number of nitrogens with one attached hydrogen (secondary N) is 1. The first kappa shape index (κ1) is 17.9. The van der Waals surface area contributed by atoms with Gasteiger partial charge in [0, 0.05) is 17.8 Å². The average molecular weight is 346 g/mol. The van der Waals surface area contributed by atoms with Gasteiger partial charge in [0.2, 0.25) is 0 Å². The number of hydrogen-bond donors (Lipinski definition) is 2. The van der Waals surface area contributed by atoms with Crippen LogP contribution in [0.3, 0.4) is 0 Å². The molecule has 0 spiro atoms. The van der Waals surface area contributed by atoms with E-state index in [1.807, 2.05) is 0 Å². The largest absolute Gasteiger partial charge is 0.487 e. The number of fused-ring (bicyclic) bond motifs is 1. The number of hydrogen-bond acceptors (Lipinski definition) is 3. The van der Waals surface area contributed by atoms with E-state index in [1.54, 1.807) is 19.2 Å². The van der Waals surface area contributed by atoms with Gasteiger partial charge in [0.25, 0.3) is 5.56 Å². The van der Waals surface area contributed by atoms with Crippen LogP contribution < -0.4 is 16.0 Å². The van der Waals surface area contributed by atoms with Gasteiger partial charge in [0.05, 0.1) is 11.5 Å². The third-order valence-electron chi connectivity index (χ3n) is 6.11. The van der Waals surface area contributed by atoms with Gasteiger partial charge in [-0.1, -0.05) is 6.92 Å². The van der Waals surface area contributed by atoms with Gasteiger partial charge in [-0.2, -0.15) is 0 Å². The molecule has 3 rings (SSSR count). The minimum Gasteiger partial charge on any atom is -0.487 e. The van der Waals surface area contributed by atoms with Crippen LogP contribution in [0.2, 0.25) is 0 Å². The Hall–Kier alpha value is -1.88. The summed E-state index contributed by atoms with van der Waals surface area (Å²) in [6.45, 7) is 6.08. The van der Waals surface area contributed by atoms with E-state index in [9.17, 15) is 9.18 Å². The molecule has 1 unspecified atom stereocenters. The molecule has 3 N–H and O–H groups in total. The second-order valence-corrected chi connectivity index (χ2v) is 7.40. The molecule has 1 aromatic heterocycles. The summed E-state index contributed by atoms with van der Waals surface area (Å²) in [7, 11) is 0. The predicted octanol–water partition coefficient (Wildman–Crippen LogP) is 4.04. The number of benzene rings is 1. The van der Waals surface area contributed by atoms with Crippen LogP contribution in [-0.4, -0.2) is 17.1 Å². The van der Waals surface area contributed by atoms with E-state index in [-0.39, 0.29) is 28.9 Å². The quantitative estimate of drug-likeness (QED) is 0.878. The van der Waals surface area contributed by atoms with E-state index in [4.69, 9.17) is 10.5 Å². The maximum atomic E-state index is 14.6. The highest BCUT2D eigenvalue weighted by Crippen LogP contribution is 2.43. The van der Waals surface area contributed by atoms with Crippen LogP contribution in [0.5, 0.6) is 5.75 Å². The zero-order valence-corrected chi connectivity index (χ0v) is 15.2. The lowest BCUT2D eigenvalue weighted by Crippen LogP contribution is -2.43. The SMILES string of the molecule is CC[C@]1(C(C)N)CC[C@@H](Oc2c(F)cc3c(=O)[nH]ccc3c2C)CC1. The standard InChI is InChI=1S/C20H27FN2O2/c1-4-20(13(3)22)8-5-14(6-9-20)25-18-12(2)15-7-10-23-19(24)16(15)11-17(18)21/h7,10-11,13-14H,4-6,8-9,22H2,1-3H3,(H,23,24)/t13?,14-,20+. The van der Waals surface area contributed by atoms with Crippen LogP contribution in [0, 0.1) is 18.2 Å². The van der Waals surface area contributed by atoms with Gasteiger partial charge in [-0.15, -0.1) is 0 Å². The van der Waals surface area contributed by atoms with E-state index in [0.29, 0.717) is 10.9 Å². The van der Waals surface area contributed by atoms with Crippen molar-refractivity contribution in [3.05, 3.63) is 40.1 Å². The van der Waals surface area contributed by atoms with Gasteiger partial charge >= 0.3 is 0 Å². The fourth-order valence-electron chi connectivity index (χ4n) is 4.18. The molecule has 0 amide bonds. The molecule has 4 nitrogen and oxygen atoms in total. The van der Waals surface area contributed by atoms with Crippen molar-refractivity contribution in [2.24, 2.45) is 11.1 Å². The van der Waals surface area contributed by atoms with Crippen molar-refractivity contribution in [2.45, 2.75) is 65.0 Å². The Balaban J connectivity index is 1.84. The number of aromatic nitrogens is 1. The Labute approximate surface area is 147 Å². The van der Waals surface area contributed by atoms with Crippen molar-refractivity contribution in [3.8, 4) is 5.75 Å². The van der Waals surface area contributed by atoms with Crippen molar-refractivity contribution in [2.75, 3.05) is 0 Å². The first-order chi connectivity index (χ1) is 11.9. The van der Waals surface area contributed by atoms with E-state index >= 15 is 0 Å². The van der Waals surface area contributed by atoms with Gasteiger partial charge in [0.1, 0.15) is 0 Å². The number of H-pyrrole nitrogens is 1. The Morgan fingerprint density at radius 1 is 1.40 bits per heavy atom. The zero-order valence-electron chi connectivity index (χ0n) is 15.2. The first-order valence-electron chi connectivity index (χ1n) is 9.10. The van der Waals surface area contributed by atoms with Crippen molar-refractivity contribution < 1.29 is 9.13 Å². The van der Waals surface area contributed by atoms with Gasteiger partial charge < -0.3 is 15.5 Å². The van der Waals surface area contributed by atoms with Crippen molar-refractivity contribution >= 4 is 10.8 Å². The normalized spacial score (nSPS) is 25.1. The van der Waals surface area contributed by atoms with Crippen molar-refractivity contribution in [1.82, 2.24) is 4.98 Å². The van der Waals surface area contributed by atoms with Crippen LogP contribution in [0.15, 0.2) is 23.1 Å². The van der Waals surface area contributed by atoms with Crippen molar-refractivity contribution in [1.29, 1.82) is 0 Å². The molecule has 1 fully saturated rings. The Morgan fingerprint density at radius 2 is 2.08 bits per heavy atom. The molecular formula is C20H27FN2O2. The minimum atomic E-state index is -0.471. The molecule has 0 aliphatic heterocycles. The maximum Gasteiger partial charge on any atom is 0.255 e. The molecule has 0 radical (unpaired) electrons. The highest BCUT2D eigenvalue weighted by atomic mass is 19.1. The number of pyridine rings is 1. The number of halogens is 1. The van der Waals surface area contributed by atoms with Gasteiger partial charge in [0.15, 0.2) is 11.6 Å². The molecule has 0 saturated heterocycles. The van der Waals surface area contributed by atoms with Crippen LogP contribution in [0.1, 0.15) is 51.5 Å². The molecule has 1 aliphatic carbocycles. The number of aromatic amines is 1. The number of ether oxygens (including phenoxy) is 1. The summed E-state index contributed by atoms with van der Waals surface area (Å²) in [5.41, 5.74) is 6.77. The number of rotatable bonds is 4. The highest BCUT2D eigenvalue weighted by Gasteiger charge is 2.37. The lowest BCUT2D eigenvalue weighted by Gasteiger charge is -2.42. The Bertz CT molecular complexity index is 820. The molecule has 25 heavy (non-hydrogen) atoms. The predicted molar refractivity (Wildman–Crippen MR) is 98.5 cm³/mol. The van der Waals surface area contributed by atoms with E-state index in [2.05, 4.69) is 18.8 Å². The van der Waals surface area contributed by atoms with Crippen LogP contribution >= 0.6 is 0 Å². The second kappa shape index (κ2) is 6.79. The number of nitrogens with two attached hydrogens (primary N) is 1. The van der Waals surface area contributed by atoms with E-state index in [1.165, 1.54) is 6.07 Å². The molecule has 1 saturated carbocycles. The molecule has 1 aromatic carbocycles. The monoisotopic (exact) mass is 346 g/mol. The lowest BCUT2D eigenvalue weighted by atomic mass is 9.67. The summed E-state index contributed by atoms with van der Waals surface area (Å²) in [6, 6.07) is 3.22. The minimum absolute atomic E-state index is 0.00827. The average Bonchev–Trinajstić information content (AvgIpc) is 2.60. The van der Waals surface area contributed by atoms with Crippen molar-refractivity contribution in [3.63, 3.8) is 0 Å². The molecule has 1 aliphatic rings. The molecule has 5 heteroatoms. The van der Waals surface area contributed by atoms with Gasteiger partial charge in [-0.05, 0) is 68.9 Å². The Morgan fingerprint density at radius 3 is 2.68 bits per heavy atom. The zero-order chi connectivity index (χ0) is 18.2. The smallest absolute Gasteiger partial charge is 0.255 e. The van der Waals surface area contributed by atoms with Crippen LogP contribution in [0.4, 0.5) is 4.39 Å². The molecule has 0 bridgehead atoms. The summed E-state index contributed by atoms with van der Waals surface area (Å²) in [4.78, 5) is 14.5. The first-order valence-corrected chi connectivity index (χ1v) is 9.10. The summed E-state index contributed by atoms with van der Waals surface area (Å²) in [5.74, 6) is -0.200. The third kappa shape index (κ3) is 3.17. The summed E-state index contributed by atoms with van der Waals surface area (Å²) in [5, 5.41) is 1.09. The van der Waals surface area contributed by atoms with Crippen LogP contribution in [0.25, 0.3) is 10.8 Å². The highest BCUT2D eigenvalue weighted by molar-refractivity contribution is 5.86. The van der Waals surface area contributed by atoms with Gasteiger partial charge in [-0.3, -0.25) is 4.79 Å². The number of aryl methyl sites for hydroxylation is 1. The summed E-state index contributed by atoms with van der Waals surface area (Å²) in [6.07, 6.45) is 6.39. The van der Waals surface area contributed by atoms with Crippen LogP contribution in [-0.2, 0) is 0 Å². The maximum absolute atomic E-state index is 14.6. The molecule has 1 atom stereocenters. The molecule has 136 valence electrons. The molecule has 2 aromatic rings. The molecule has 1 heterocycles. The Kier molecular flexibility index (Phi) is 4.87. The second-order valence-electron chi connectivity index (χ2n) is 7.40. The van der Waals surface area contributed by atoms with Gasteiger partial charge in [-0.25, -0.2) is 4.39 Å². The topological polar surface area (TPSA) is 68.1 Å². The molecular weight excluding hydrogens is 319 g/mol. The lowest BCUT2D eigenvalue weighted by molar-refractivity contribution is 0.0594. The summed E-state index contributed by atoms with van der Waals surface area (Å²) < 4.78 is 20.6. The summed E-state index contributed by atoms with van der Waals surface area (Å²) >= 11 is 0. The third-order valence-corrected chi connectivity index (χ3v) is 6.11. The van der Waals surface area contributed by atoms with E-state index in [0.717, 1.165) is 37.5 Å². The fraction of sp³-hybridized carbons (Fsp3) is 0.550. The van der Waals surface area contributed by atoms with E-state index < -0.39 is 5.82 Å².